The summed E-state index contributed by atoms with van der Waals surface area (Å²) in [6, 6.07) is 4.40. The van der Waals surface area contributed by atoms with Crippen molar-refractivity contribution in [2.45, 2.75) is 25.2 Å². The summed E-state index contributed by atoms with van der Waals surface area (Å²) in [5.74, 6) is 3.50. The quantitative estimate of drug-likeness (QED) is 0.735. The summed E-state index contributed by atoms with van der Waals surface area (Å²) in [5, 5.41) is 10.3. The van der Waals surface area contributed by atoms with E-state index >= 15 is 0 Å². The fraction of sp³-hybridized carbons (Fsp3) is 0.562. The van der Waals surface area contributed by atoms with Crippen molar-refractivity contribution in [1.29, 1.82) is 0 Å². The van der Waals surface area contributed by atoms with Crippen LogP contribution in [0.1, 0.15) is 30.7 Å². The van der Waals surface area contributed by atoms with E-state index < -0.39 is 0 Å². The molecule has 2 aliphatic heterocycles. The first-order valence-corrected chi connectivity index (χ1v) is 7.78. The minimum Gasteiger partial charge on any atom is -0.370 e. The number of nitrogens with one attached hydrogen (secondary N) is 3. The standard InChI is InChI=1S/C16H22N4/c1-2-11(1)9-18-15-4-3-13-14(10-19-16(13)20-15)12-5-7-17-8-6-12/h3-5,11,14,17H,1-2,6-10H2,(H2,18,19,20). The summed E-state index contributed by atoms with van der Waals surface area (Å²) in [5.41, 5.74) is 2.94. The molecule has 0 saturated heterocycles. The van der Waals surface area contributed by atoms with Crippen molar-refractivity contribution in [3.8, 4) is 0 Å². The Morgan fingerprint density at radius 3 is 3.05 bits per heavy atom. The predicted octanol–water partition coefficient (Wildman–Crippen LogP) is 2.33. The number of hydrogen-bond donors (Lipinski definition) is 3. The molecule has 3 N–H and O–H groups in total. The van der Waals surface area contributed by atoms with Gasteiger partial charge in [0.05, 0.1) is 0 Å². The molecule has 4 nitrogen and oxygen atoms in total. The smallest absolute Gasteiger partial charge is 0.132 e. The van der Waals surface area contributed by atoms with Gasteiger partial charge in [0.1, 0.15) is 11.6 Å². The maximum atomic E-state index is 4.73. The summed E-state index contributed by atoms with van der Waals surface area (Å²) >= 11 is 0. The van der Waals surface area contributed by atoms with E-state index in [1.54, 1.807) is 5.57 Å². The molecule has 1 fully saturated rings. The number of anilines is 2. The van der Waals surface area contributed by atoms with Gasteiger partial charge in [0.15, 0.2) is 0 Å². The second kappa shape index (κ2) is 5.09. The third-order valence-corrected chi connectivity index (χ3v) is 4.59. The van der Waals surface area contributed by atoms with Gasteiger partial charge in [-0.3, -0.25) is 0 Å². The Balaban J connectivity index is 1.51. The minimum atomic E-state index is 0.525. The summed E-state index contributed by atoms with van der Waals surface area (Å²) in [7, 11) is 0. The van der Waals surface area contributed by atoms with Crippen molar-refractivity contribution in [2.24, 2.45) is 5.92 Å². The van der Waals surface area contributed by atoms with Gasteiger partial charge in [0, 0.05) is 31.1 Å². The van der Waals surface area contributed by atoms with Crippen molar-refractivity contribution >= 4 is 11.6 Å². The number of fused-ring (bicyclic) bond motifs is 1. The lowest BCUT2D eigenvalue weighted by molar-refractivity contribution is 0.662. The van der Waals surface area contributed by atoms with E-state index in [4.69, 9.17) is 4.98 Å². The van der Waals surface area contributed by atoms with E-state index in [1.165, 1.54) is 18.4 Å². The Kier molecular flexibility index (Phi) is 3.11. The average Bonchev–Trinajstić information content (AvgIpc) is 3.24. The molecule has 20 heavy (non-hydrogen) atoms. The largest absolute Gasteiger partial charge is 0.370 e. The lowest BCUT2D eigenvalue weighted by Crippen LogP contribution is -2.23. The lowest BCUT2D eigenvalue weighted by atomic mass is 9.90. The Morgan fingerprint density at radius 1 is 1.30 bits per heavy atom. The molecule has 4 rings (SSSR count). The summed E-state index contributed by atoms with van der Waals surface area (Å²) in [6.45, 7) is 4.19. The predicted molar refractivity (Wildman–Crippen MR) is 82.3 cm³/mol. The average molecular weight is 270 g/mol. The Bertz CT molecular complexity index is 533. The van der Waals surface area contributed by atoms with Gasteiger partial charge in [-0.1, -0.05) is 17.7 Å². The van der Waals surface area contributed by atoms with E-state index in [9.17, 15) is 0 Å². The highest BCUT2D eigenvalue weighted by molar-refractivity contribution is 5.59. The molecule has 1 aromatic rings. The number of nitrogens with zero attached hydrogens (tertiary/aromatic N) is 1. The number of pyridine rings is 1. The number of rotatable bonds is 4. The van der Waals surface area contributed by atoms with Crippen molar-refractivity contribution in [3.63, 3.8) is 0 Å². The molecule has 1 atom stereocenters. The molecular formula is C16H22N4. The molecule has 0 bridgehead atoms. The molecular weight excluding hydrogens is 248 g/mol. The molecule has 0 aromatic carbocycles. The van der Waals surface area contributed by atoms with Crippen molar-refractivity contribution in [2.75, 3.05) is 36.8 Å². The second-order valence-corrected chi connectivity index (χ2v) is 6.13. The maximum Gasteiger partial charge on any atom is 0.132 e. The zero-order valence-electron chi connectivity index (χ0n) is 11.8. The van der Waals surface area contributed by atoms with E-state index in [2.05, 4.69) is 34.2 Å². The van der Waals surface area contributed by atoms with Crippen LogP contribution in [0.2, 0.25) is 0 Å². The van der Waals surface area contributed by atoms with Gasteiger partial charge in [0.2, 0.25) is 0 Å². The van der Waals surface area contributed by atoms with Gasteiger partial charge in [-0.05, 0) is 37.8 Å². The van der Waals surface area contributed by atoms with Crippen LogP contribution in [0.5, 0.6) is 0 Å². The van der Waals surface area contributed by atoms with Gasteiger partial charge in [0.25, 0.3) is 0 Å². The highest BCUT2D eigenvalue weighted by Gasteiger charge is 2.27. The molecule has 3 heterocycles. The minimum absolute atomic E-state index is 0.525. The first-order chi connectivity index (χ1) is 9.90. The lowest BCUT2D eigenvalue weighted by Gasteiger charge is -2.19. The van der Waals surface area contributed by atoms with E-state index in [1.807, 2.05) is 0 Å². The number of hydrogen-bond acceptors (Lipinski definition) is 4. The highest BCUT2D eigenvalue weighted by Crippen LogP contribution is 2.37. The van der Waals surface area contributed by atoms with Crippen LogP contribution in [-0.2, 0) is 0 Å². The number of aromatic nitrogens is 1. The first-order valence-electron chi connectivity index (χ1n) is 7.78. The van der Waals surface area contributed by atoms with Crippen LogP contribution in [0.15, 0.2) is 23.8 Å². The first kappa shape index (κ1) is 12.2. The monoisotopic (exact) mass is 270 g/mol. The van der Waals surface area contributed by atoms with Crippen LogP contribution in [0, 0.1) is 5.92 Å². The van der Waals surface area contributed by atoms with Crippen molar-refractivity contribution < 1.29 is 0 Å². The Labute approximate surface area is 120 Å². The molecule has 4 heteroatoms. The van der Waals surface area contributed by atoms with Gasteiger partial charge in [-0.15, -0.1) is 0 Å². The molecule has 1 saturated carbocycles. The Hall–Kier alpha value is -1.55. The van der Waals surface area contributed by atoms with Crippen molar-refractivity contribution in [1.82, 2.24) is 10.3 Å². The fourth-order valence-corrected chi connectivity index (χ4v) is 3.16. The van der Waals surface area contributed by atoms with Crippen LogP contribution < -0.4 is 16.0 Å². The molecule has 0 spiro atoms. The van der Waals surface area contributed by atoms with E-state index in [0.29, 0.717) is 5.92 Å². The molecule has 0 amide bonds. The van der Waals surface area contributed by atoms with Crippen LogP contribution in [-0.4, -0.2) is 31.2 Å². The van der Waals surface area contributed by atoms with Gasteiger partial charge in [-0.2, -0.15) is 0 Å². The SMILES string of the molecule is C1=C(C2CNc3nc(NCC4CC4)ccc32)CCNC1. The topological polar surface area (TPSA) is 49.0 Å². The molecule has 3 aliphatic rings. The van der Waals surface area contributed by atoms with Crippen molar-refractivity contribution in [3.05, 3.63) is 29.3 Å². The van der Waals surface area contributed by atoms with Gasteiger partial charge < -0.3 is 16.0 Å². The van der Waals surface area contributed by atoms with Crippen LogP contribution >= 0.6 is 0 Å². The third-order valence-electron chi connectivity index (χ3n) is 4.59. The highest BCUT2D eigenvalue weighted by atomic mass is 15.1. The summed E-state index contributed by atoms with van der Waals surface area (Å²) in [4.78, 5) is 4.73. The Morgan fingerprint density at radius 2 is 2.25 bits per heavy atom. The van der Waals surface area contributed by atoms with E-state index in [-0.39, 0.29) is 0 Å². The normalized spacial score (nSPS) is 24.8. The second-order valence-electron chi connectivity index (χ2n) is 6.13. The van der Waals surface area contributed by atoms with Gasteiger partial charge in [-0.25, -0.2) is 4.98 Å². The molecule has 0 radical (unpaired) electrons. The van der Waals surface area contributed by atoms with E-state index in [0.717, 1.165) is 50.2 Å². The molecule has 1 aromatic heterocycles. The molecule has 106 valence electrons. The summed E-state index contributed by atoms with van der Waals surface area (Å²) in [6.07, 6.45) is 6.26. The van der Waals surface area contributed by atoms with Gasteiger partial charge >= 0.3 is 0 Å². The fourth-order valence-electron chi connectivity index (χ4n) is 3.16. The molecule has 1 unspecified atom stereocenters. The van der Waals surface area contributed by atoms with Crippen LogP contribution in [0.3, 0.4) is 0 Å². The zero-order valence-corrected chi connectivity index (χ0v) is 11.8. The zero-order chi connectivity index (χ0) is 13.4. The molecule has 1 aliphatic carbocycles. The van der Waals surface area contributed by atoms with Crippen LogP contribution in [0.25, 0.3) is 0 Å². The summed E-state index contributed by atoms with van der Waals surface area (Å²) < 4.78 is 0. The maximum absolute atomic E-state index is 4.73. The van der Waals surface area contributed by atoms with Crippen LogP contribution in [0.4, 0.5) is 11.6 Å². The third kappa shape index (κ3) is 2.40.